The molecule has 0 aromatic carbocycles. The molecule has 5 rings (SSSR count). The molecule has 1 saturated heterocycles. The second-order valence-electron chi connectivity index (χ2n) is 11.2. The van der Waals surface area contributed by atoms with Crippen molar-refractivity contribution in [3.63, 3.8) is 0 Å². The van der Waals surface area contributed by atoms with Crippen LogP contribution in [0.15, 0.2) is 46.0 Å². The lowest BCUT2D eigenvalue weighted by Gasteiger charge is -2.62. The predicted molar refractivity (Wildman–Crippen MR) is 133 cm³/mol. The highest BCUT2D eigenvalue weighted by Crippen LogP contribution is 2.66. The molecular weight excluding hydrogens is 544 g/mol. The van der Waals surface area contributed by atoms with Crippen molar-refractivity contribution in [2.75, 3.05) is 6.61 Å². The first-order valence-corrected chi connectivity index (χ1v) is 13.2. The summed E-state index contributed by atoms with van der Waals surface area (Å²) in [4.78, 5) is 51.1. The van der Waals surface area contributed by atoms with Crippen LogP contribution in [0.3, 0.4) is 0 Å². The van der Waals surface area contributed by atoms with Gasteiger partial charge in [0.05, 0.1) is 41.3 Å². The highest BCUT2D eigenvalue weighted by molar-refractivity contribution is 5.89. The van der Waals surface area contributed by atoms with E-state index in [9.17, 15) is 29.4 Å². The summed E-state index contributed by atoms with van der Waals surface area (Å²) < 4.78 is 39.8. The third-order valence-corrected chi connectivity index (χ3v) is 8.47. The van der Waals surface area contributed by atoms with Gasteiger partial charge in [-0.25, -0.2) is 9.59 Å². The molecule has 13 heteroatoms. The van der Waals surface area contributed by atoms with Gasteiger partial charge in [-0.2, -0.15) is 0 Å². The summed E-state index contributed by atoms with van der Waals surface area (Å²) in [5.74, 6) is -4.25. The van der Waals surface area contributed by atoms with Crippen LogP contribution in [0.4, 0.5) is 0 Å². The molecule has 3 fully saturated rings. The number of aliphatic hydroxyl groups is 2. The number of aliphatic hydroxyl groups excluding tert-OH is 2. The Kier molecular flexibility index (Phi) is 7.24. The second-order valence-corrected chi connectivity index (χ2v) is 11.2. The van der Waals surface area contributed by atoms with E-state index in [2.05, 4.69) is 0 Å². The molecule has 0 radical (unpaired) electrons. The standard InChI is InChI=1S/C28H32O13/c1-14(29)37-13-27-19(38-15(2)30)6-5-18(31)28(27)22(39-24(33)16-7-9-35-11-16)20(26(3,4)41-28)21(32)23(27)40-25(34)17-8-10-36-12-17/h7-12,18-23,31-32H,5-6,13H2,1-4H3/t18-,19-,20?,21+,22+,23+,27-,28?/m0/s1. The van der Waals surface area contributed by atoms with Gasteiger partial charge in [0, 0.05) is 13.8 Å². The number of hydrogen-bond donors (Lipinski definition) is 2. The quantitative estimate of drug-likeness (QED) is 0.360. The van der Waals surface area contributed by atoms with Crippen LogP contribution < -0.4 is 0 Å². The van der Waals surface area contributed by atoms with Gasteiger partial charge >= 0.3 is 23.9 Å². The molecule has 222 valence electrons. The summed E-state index contributed by atoms with van der Waals surface area (Å²) in [6, 6.07) is 2.74. The number of carbonyl (C=O) groups excluding carboxylic acids is 4. The lowest BCUT2D eigenvalue weighted by atomic mass is 9.49. The lowest BCUT2D eigenvalue weighted by molar-refractivity contribution is -0.322. The summed E-state index contributed by atoms with van der Waals surface area (Å²) >= 11 is 0. The van der Waals surface area contributed by atoms with E-state index < -0.39 is 83.5 Å². The summed E-state index contributed by atoms with van der Waals surface area (Å²) in [5.41, 5.74) is -5.12. The van der Waals surface area contributed by atoms with Crippen LogP contribution in [0.25, 0.3) is 0 Å². The van der Waals surface area contributed by atoms with Crippen molar-refractivity contribution in [2.45, 2.75) is 82.3 Å². The largest absolute Gasteiger partial charge is 0.472 e. The fourth-order valence-corrected chi connectivity index (χ4v) is 6.98. The molecule has 2 bridgehead atoms. The Labute approximate surface area is 234 Å². The van der Waals surface area contributed by atoms with E-state index in [1.807, 2.05) is 0 Å². The van der Waals surface area contributed by atoms with Gasteiger partial charge in [0.2, 0.25) is 0 Å². The van der Waals surface area contributed by atoms with E-state index in [1.165, 1.54) is 37.8 Å². The molecule has 1 aliphatic heterocycles. The number of esters is 4. The Bertz CT molecular complexity index is 1300. The van der Waals surface area contributed by atoms with Gasteiger partial charge in [0.25, 0.3) is 0 Å². The van der Waals surface area contributed by atoms with E-state index >= 15 is 0 Å². The maximum atomic E-state index is 13.3. The molecule has 2 aromatic rings. The summed E-state index contributed by atoms with van der Waals surface area (Å²) in [6.45, 7) is 4.95. The van der Waals surface area contributed by atoms with E-state index in [-0.39, 0.29) is 24.0 Å². The summed E-state index contributed by atoms with van der Waals surface area (Å²) in [7, 11) is 0. The molecule has 0 amide bonds. The average molecular weight is 577 g/mol. The maximum Gasteiger partial charge on any atom is 0.341 e. The van der Waals surface area contributed by atoms with Crippen molar-refractivity contribution in [1.82, 2.24) is 0 Å². The Balaban J connectivity index is 1.73. The highest BCUT2D eigenvalue weighted by Gasteiger charge is 2.84. The molecule has 2 saturated carbocycles. The van der Waals surface area contributed by atoms with E-state index in [0.29, 0.717) is 0 Å². The number of ether oxygens (including phenoxy) is 5. The Hall–Kier alpha value is -3.68. The molecule has 41 heavy (non-hydrogen) atoms. The van der Waals surface area contributed by atoms with Crippen molar-refractivity contribution < 1.29 is 61.9 Å². The van der Waals surface area contributed by atoms with Gasteiger partial charge in [-0.1, -0.05) is 0 Å². The van der Waals surface area contributed by atoms with Gasteiger partial charge in [-0.05, 0) is 38.8 Å². The zero-order valence-electron chi connectivity index (χ0n) is 22.9. The van der Waals surface area contributed by atoms with Crippen LogP contribution in [0.2, 0.25) is 0 Å². The van der Waals surface area contributed by atoms with Crippen LogP contribution >= 0.6 is 0 Å². The number of rotatable bonds is 7. The third-order valence-electron chi connectivity index (χ3n) is 8.47. The molecule has 2 aromatic heterocycles. The van der Waals surface area contributed by atoms with Crippen molar-refractivity contribution in [3.8, 4) is 0 Å². The molecule has 3 heterocycles. The monoisotopic (exact) mass is 576 g/mol. The highest BCUT2D eigenvalue weighted by atomic mass is 16.6. The first kappa shape index (κ1) is 28.8. The van der Waals surface area contributed by atoms with Crippen molar-refractivity contribution in [3.05, 3.63) is 48.3 Å². The van der Waals surface area contributed by atoms with Gasteiger partial charge in [-0.15, -0.1) is 0 Å². The Morgan fingerprint density at radius 1 is 0.878 bits per heavy atom. The number of carbonyl (C=O) groups is 4. The van der Waals surface area contributed by atoms with Crippen LogP contribution in [0.1, 0.15) is 61.3 Å². The Morgan fingerprint density at radius 2 is 1.46 bits per heavy atom. The van der Waals surface area contributed by atoms with Crippen LogP contribution in [0.5, 0.6) is 0 Å². The molecule has 2 unspecified atom stereocenters. The predicted octanol–water partition coefficient (Wildman–Crippen LogP) is 1.80. The zero-order valence-corrected chi connectivity index (χ0v) is 22.9. The molecule has 2 N–H and O–H groups in total. The van der Waals surface area contributed by atoms with E-state index in [4.69, 9.17) is 32.5 Å². The third kappa shape index (κ3) is 4.43. The fraction of sp³-hybridized carbons (Fsp3) is 0.571. The SMILES string of the molecule is CC(=O)OC[C@@]12[C@@H](OC(C)=O)CC[C@H](O)C13OC(C)(C)C([C@@H](O)[C@H]2OC(=O)c1ccoc1)[C@H]3OC(=O)c1ccoc1. The average Bonchev–Trinajstić information content (AvgIpc) is 3.65. The van der Waals surface area contributed by atoms with Crippen molar-refractivity contribution in [1.29, 1.82) is 0 Å². The minimum Gasteiger partial charge on any atom is -0.472 e. The molecule has 13 nitrogen and oxygen atoms in total. The fourth-order valence-electron chi connectivity index (χ4n) is 6.98. The summed E-state index contributed by atoms with van der Waals surface area (Å²) in [6.07, 6.45) is -2.28. The first-order valence-electron chi connectivity index (χ1n) is 13.2. The van der Waals surface area contributed by atoms with E-state index in [0.717, 1.165) is 13.2 Å². The summed E-state index contributed by atoms with van der Waals surface area (Å²) in [5, 5.41) is 23.8. The second kappa shape index (κ2) is 10.3. The Morgan fingerprint density at radius 3 is 1.98 bits per heavy atom. The van der Waals surface area contributed by atoms with Crippen molar-refractivity contribution >= 4 is 23.9 Å². The van der Waals surface area contributed by atoms with Gasteiger partial charge < -0.3 is 42.7 Å². The molecule has 1 spiro atoms. The van der Waals surface area contributed by atoms with Crippen LogP contribution in [0, 0.1) is 11.3 Å². The minimum atomic E-state index is -1.98. The smallest absolute Gasteiger partial charge is 0.341 e. The van der Waals surface area contributed by atoms with Gasteiger partial charge in [-0.3, -0.25) is 9.59 Å². The molecular formula is C28H32O13. The molecule has 2 aliphatic carbocycles. The maximum absolute atomic E-state index is 13.3. The van der Waals surface area contributed by atoms with Crippen molar-refractivity contribution in [2.24, 2.45) is 11.3 Å². The zero-order chi connectivity index (χ0) is 29.7. The normalized spacial score (nSPS) is 35.2. The lowest BCUT2D eigenvalue weighted by Crippen LogP contribution is -2.80. The molecule has 8 atom stereocenters. The van der Waals surface area contributed by atoms with Crippen LogP contribution in [-0.4, -0.2) is 82.4 Å². The molecule has 3 aliphatic rings. The number of furan rings is 2. The minimum absolute atomic E-state index is 0.0147. The number of fused-ring (bicyclic) bond motifs is 1. The van der Waals surface area contributed by atoms with Gasteiger partial charge in [0.15, 0.2) is 0 Å². The van der Waals surface area contributed by atoms with Gasteiger partial charge in [0.1, 0.15) is 54.6 Å². The first-order chi connectivity index (χ1) is 19.3. The topological polar surface area (TPSA) is 181 Å². The van der Waals surface area contributed by atoms with Crippen LogP contribution in [-0.2, 0) is 33.3 Å². The number of hydrogen-bond acceptors (Lipinski definition) is 13. The van der Waals surface area contributed by atoms with E-state index in [1.54, 1.807) is 13.8 Å².